The molecule has 1 spiro atoms. The summed E-state index contributed by atoms with van der Waals surface area (Å²) in [6.45, 7) is 3.91. The smallest absolute Gasteiger partial charge is 0.155 e. The fourth-order valence-corrected chi connectivity index (χ4v) is 5.77. The minimum atomic E-state index is 0.0695. The number of hydrogen-bond donors (Lipinski definition) is 1. The van der Waals surface area contributed by atoms with Crippen molar-refractivity contribution in [3.05, 3.63) is 58.4 Å². The van der Waals surface area contributed by atoms with Crippen molar-refractivity contribution in [2.24, 2.45) is 11.1 Å². The van der Waals surface area contributed by atoms with Crippen LogP contribution in [0.5, 0.6) is 0 Å². The molecule has 1 aliphatic carbocycles. The van der Waals surface area contributed by atoms with Gasteiger partial charge in [-0.15, -0.1) is 11.3 Å². The normalized spacial score (nSPS) is 20.2. The van der Waals surface area contributed by atoms with Crippen LogP contribution < -0.4 is 10.6 Å². The fourth-order valence-electron chi connectivity index (χ4n) is 5.24. The van der Waals surface area contributed by atoms with Gasteiger partial charge in [0.05, 0.1) is 17.4 Å². The zero-order valence-electron chi connectivity index (χ0n) is 16.8. The molecule has 5 heterocycles. The molecule has 1 aliphatic heterocycles. The van der Waals surface area contributed by atoms with Crippen LogP contribution in [0, 0.1) is 12.3 Å². The first-order valence-electron chi connectivity index (χ1n) is 10.3. The summed E-state index contributed by atoms with van der Waals surface area (Å²) < 4.78 is 1.98. The van der Waals surface area contributed by atoms with Gasteiger partial charge in [0.15, 0.2) is 5.82 Å². The van der Waals surface area contributed by atoms with E-state index in [0.29, 0.717) is 0 Å². The lowest BCUT2D eigenvalue weighted by atomic mass is 9.73. The third-order valence-corrected chi connectivity index (χ3v) is 7.46. The van der Waals surface area contributed by atoms with Gasteiger partial charge in [-0.05, 0) is 49.3 Å². The Bertz CT molecular complexity index is 1220. The van der Waals surface area contributed by atoms with Gasteiger partial charge in [0.25, 0.3) is 0 Å². The summed E-state index contributed by atoms with van der Waals surface area (Å²) in [4.78, 5) is 16.5. The number of thiazole rings is 1. The maximum absolute atomic E-state index is 6.72. The summed E-state index contributed by atoms with van der Waals surface area (Å²) >= 11 is 1.58. The molecule has 0 aromatic carbocycles. The van der Waals surface area contributed by atoms with Gasteiger partial charge in [-0.25, -0.2) is 14.5 Å². The Morgan fingerprint density at radius 1 is 1.17 bits per heavy atom. The number of piperidine rings is 1. The van der Waals surface area contributed by atoms with Crippen LogP contribution >= 0.6 is 11.3 Å². The number of aromatic nitrogens is 5. The molecule has 2 aliphatic rings. The second kappa shape index (κ2) is 6.58. The molecule has 152 valence electrons. The minimum absolute atomic E-state index is 0.0695. The summed E-state index contributed by atoms with van der Waals surface area (Å²) in [6, 6.07) is 6.26. The van der Waals surface area contributed by atoms with Gasteiger partial charge < -0.3 is 10.6 Å². The summed E-state index contributed by atoms with van der Waals surface area (Å²) in [6.07, 6.45) is 6.79. The van der Waals surface area contributed by atoms with Crippen LogP contribution in [0.4, 0.5) is 5.82 Å². The lowest BCUT2D eigenvalue weighted by Crippen LogP contribution is -2.44. The van der Waals surface area contributed by atoms with Gasteiger partial charge in [0.2, 0.25) is 0 Å². The van der Waals surface area contributed by atoms with Gasteiger partial charge in [-0.3, -0.25) is 4.98 Å². The molecule has 4 aromatic heterocycles. The lowest BCUT2D eigenvalue weighted by Gasteiger charge is -2.42. The number of aryl methyl sites for hydroxylation is 1. The largest absolute Gasteiger partial charge is 0.355 e. The average molecular weight is 418 g/mol. The van der Waals surface area contributed by atoms with Crippen molar-refractivity contribution in [3.8, 4) is 11.4 Å². The molecule has 0 saturated carbocycles. The highest BCUT2D eigenvalue weighted by molar-refractivity contribution is 7.07. The van der Waals surface area contributed by atoms with E-state index < -0.39 is 0 Å². The van der Waals surface area contributed by atoms with E-state index in [2.05, 4.69) is 26.0 Å². The number of rotatable bonds is 2. The highest BCUT2D eigenvalue weighted by atomic mass is 32.1. The van der Waals surface area contributed by atoms with E-state index in [1.807, 2.05) is 46.9 Å². The Morgan fingerprint density at radius 3 is 2.80 bits per heavy atom. The molecule has 1 saturated heterocycles. The zero-order valence-corrected chi connectivity index (χ0v) is 17.6. The van der Waals surface area contributed by atoms with Crippen molar-refractivity contribution < 1.29 is 0 Å². The topological polar surface area (TPSA) is 85.2 Å². The molecule has 2 N–H and O–H groups in total. The molecular formula is C22H23N7S. The second-order valence-electron chi connectivity index (χ2n) is 8.41. The summed E-state index contributed by atoms with van der Waals surface area (Å²) in [5.41, 5.74) is 14.9. The van der Waals surface area contributed by atoms with Gasteiger partial charge in [-0.1, -0.05) is 6.07 Å². The Labute approximate surface area is 178 Å². The Balaban J connectivity index is 1.32. The quantitative estimate of drug-likeness (QED) is 0.538. The average Bonchev–Trinajstić information content (AvgIpc) is 3.50. The van der Waals surface area contributed by atoms with Gasteiger partial charge in [-0.2, -0.15) is 5.10 Å². The van der Waals surface area contributed by atoms with E-state index in [1.165, 1.54) is 11.3 Å². The van der Waals surface area contributed by atoms with E-state index in [1.54, 1.807) is 11.3 Å². The molecule has 1 atom stereocenters. The van der Waals surface area contributed by atoms with Crippen LogP contribution in [-0.2, 0) is 6.42 Å². The molecule has 4 aromatic rings. The number of nitrogens with two attached hydrogens (primary N) is 1. The third kappa shape index (κ3) is 2.53. The summed E-state index contributed by atoms with van der Waals surface area (Å²) in [5.74, 6) is 1.00. The third-order valence-electron chi connectivity index (χ3n) is 6.87. The highest BCUT2D eigenvalue weighted by Crippen LogP contribution is 2.50. The molecule has 6 rings (SSSR count). The molecule has 8 heteroatoms. The monoisotopic (exact) mass is 417 g/mol. The lowest BCUT2D eigenvalue weighted by molar-refractivity contribution is 0.187. The summed E-state index contributed by atoms with van der Waals surface area (Å²) in [7, 11) is 0. The van der Waals surface area contributed by atoms with Gasteiger partial charge in [0.1, 0.15) is 16.9 Å². The van der Waals surface area contributed by atoms with Crippen molar-refractivity contribution in [1.82, 2.24) is 24.6 Å². The van der Waals surface area contributed by atoms with Crippen LogP contribution in [0.15, 0.2) is 41.5 Å². The van der Waals surface area contributed by atoms with Crippen LogP contribution in [0.2, 0.25) is 0 Å². The van der Waals surface area contributed by atoms with Gasteiger partial charge in [0, 0.05) is 36.4 Å². The minimum Gasteiger partial charge on any atom is -0.355 e. The number of hydrogen-bond acceptors (Lipinski definition) is 7. The number of anilines is 1. The second-order valence-corrected chi connectivity index (χ2v) is 9.13. The Hall–Kier alpha value is -2.84. The maximum atomic E-state index is 6.72. The molecule has 0 amide bonds. The van der Waals surface area contributed by atoms with E-state index in [4.69, 9.17) is 10.7 Å². The molecule has 7 nitrogen and oxygen atoms in total. The van der Waals surface area contributed by atoms with Crippen molar-refractivity contribution in [2.75, 3.05) is 18.0 Å². The van der Waals surface area contributed by atoms with Crippen LogP contribution in [0.25, 0.3) is 16.9 Å². The van der Waals surface area contributed by atoms with Gasteiger partial charge >= 0.3 is 0 Å². The first-order valence-corrected chi connectivity index (χ1v) is 11.3. The van der Waals surface area contributed by atoms with E-state index in [-0.39, 0.29) is 11.5 Å². The predicted octanol–water partition coefficient (Wildman–Crippen LogP) is 3.40. The fraction of sp³-hybridized carbons (Fsp3) is 0.364. The van der Waals surface area contributed by atoms with Crippen LogP contribution in [0.3, 0.4) is 0 Å². The number of fused-ring (bicyclic) bond motifs is 2. The van der Waals surface area contributed by atoms with Crippen LogP contribution in [0.1, 0.15) is 35.8 Å². The predicted molar refractivity (Wildman–Crippen MR) is 118 cm³/mol. The molecule has 0 radical (unpaired) electrons. The molecule has 30 heavy (non-hydrogen) atoms. The maximum Gasteiger partial charge on any atom is 0.155 e. The SMILES string of the molecule is Cc1nc(N2CCC3(CC2)Cc2ncccc2[C@H]3N)c2ccnn2c1-c1cscn1. The van der Waals surface area contributed by atoms with E-state index in [9.17, 15) is 0 Å². The Kier molecular flexibility index (Phi) is 3.94. The van der Waals surface area contributed by atoms with Crippen molar-refractivity contribution in [2.45, 2.75) is 32.2 Å². The highest BCUT2D eigenvalue weighted by Gasteiger charge is 2.46. The molecular weight excluding hydrogens is 394 g/mol. The standard InChI is InChI=1S/C22H23N7S/c1-14-19(17-12-30-13-25-17)29-18(4-8-26-29)21(27-14)28-9-5-22(6-10-28)11-16-15(20(22)23)3-2-7-24-16/h2-4,7-8,12-13,20H,5-6,9-11,23H2,1H3/t20-/m1/s1. The van der Waals surface area contributed by atoms with Crippen molar-refractivity contribution in [1.29, 1.82) is 0 Å². The molecule has 0 unspecified atom stereocenters. The first-order chi connectivity index (χ1) is 14.7. The van der Waals surface area contributed by atoms with Crippen LogP contribution in [-0.4, -0.2) is 37.7 Å². The number of pyridine rings is 1. The molecule has 1 fully saturated rings. The zero-order chi connectivity index (χ0) is 20.3. The van der Waals surface area contributed by atoms with E-state index >= 15 is 0 Å². The van der Waals surface area contributed by atoms with Crippen molar-refractivity contribution in [3.63, 3.8) is 0 Å². The first kappa shape index (κ1) is 18.0. The number of nitrogens with zero attached hydrogens (tertiary/aromatic N) is 6. The molecule has 0 bridgehead atoms. The summed E-state index contributed by atoms with van der Waals surface area (Å²) in [5, 5.41) is 6.63. The van der Waals surface area contributed by atoms with E-state index in [0.717, 1.165) is 60.8 Å². The Morgan fingerprint density at radius 2 is 2.03 bits per heavy atom. The van der Waals surface area contributed by atoms with Crippen molar-refractivity contribution >= 4 is 22.7 Å².